The second-order valence-corrected chi connectivity index (χ2v) is 26.4. The average molecular weight is 1240 g/mol. The topological polar surface area (TPSA) is 228 Å². The van der Waals surface area contributed by atoms with Crippen LogP contribution in [0.1, 0.15) is 341 Å². The van der Waals surface area contributed by atoms with Gasteiger partial charge in [-0.1, -0.05) is 327 Å². The summed E-state index contributed by atoms with van der Waals surface area (Å²) in [5, 5.41) is 87.5. The number of allylic oxidation sites excluding steroid dienone is 3. The van der Waals surface area contributed by atoms with Crippen LogP contribution in [0.25, 0.3) is 0 Å². The van der Waals surface area contributed by atoms with E-state index in [0.717, 1.165) is 32.1 Å². The third-order valence-electron chi connectivity index (χ3n) is 18.4. The maximum atomic E-state index is 13.3. The number of hydrogen-bond donors (Lipinski definition) is 9. The molecule has 2 aliphatic rings. The second-order valence-electron chi connectivity index (χ2n) is 26.4. The number of amides is 1. The zero-order valence-electron chi connectivity index (χ0n) is 56.0. The molecule has 12 atom stereocenters. The Kier molecular flexibility index (Phi) is 54.7. The summed E-state index contributed by atoms with van der Waals surface area (Å²) in [5.41, 5.74) is 0. The Morgan fingerprint density at radius 1 is 0.402 bits per heavy atom. The van der Waals surface area contributed by atoms with Gasteiger partial charge in [0.25, 0.3) is 0 Å². The van der Waals surface area contributed by atoms with Crippen LogP contribution in [-0.2, 0) is 23.7 Å². The van der Waals surface area contributed by atoms with Gasteiger partial charge in [-0.05, 0) is 32.1 Å². The molecule has 2 saturated heterocycles. The highest BCUT2D eigenvalue weighted by atomic mass is 16.7. The summed E-state index contributed by atoms with van der Waals surface area (Å²) in [4.78, 5) is 13.3. The number of ether oxygens (including phenoxy) is 4. The molecule has 0 saturated carbocycles. The average Bonchev–Trinajstić information content (AvgIpc) is 2.33. The zero-order valence-corrected chi connectivity index (χ0v) is 56.0. The van der Waals surface area contributed by atoms with Crippen molar-refractivity contribution in [3.63, 3.8) is 0 Å². The van der Waals surface area contributed by atoms with E-state index < -0.39 is 86.8 Å². The fourth-order valence-electron chi connectivity index (χ4n) is 12.5. The molecule has 1 amide bonds. The van der Waals surface area contributed by atoms with Crippen molar-refractivity contribution in [1.82, 2.24) is 5.32 Å². The highest BCUT2D eigenvalue weighted by molar-refractivity contribution is 5.76. The van der Waals surface area contributed by atoms with Gasteiger partial charge in [-0.2, -0.15) is 0 Å². The van der Waals surface area contributed by atoms with E-state index >= 15 is 0 Å². The number of aliphatic hydroxyl groups excluding tert-OH is 8. The minimum atomic E-state index is -1.79. The Morgan fingerprint density at radius 2 is 0.736 bits per heavy atom. The molecule has 87 heavy (non-hydrogen) atoms. The standard InChI is InChI=1S/C73H139NO13/c1-3-5-7-9-11-13-15-17-19-21-23-25-27-29-31-32-34-36-38-40-42-44-46-48-50-52-54-56-62(77)61(60-84-72-70(83)68(81)71(64(59-76)86-72)87-73-69(82)67(80)66(79)63(58-75)85-73)74-65(78)57-55-53-51-49-47-45-43-41-39-37-35-33-30-28-26-24-22-20-18-16-14-12-10-8-6-4-2/h46,48,54,56,61-64,66-73,75-77,79-83H,3-45,47,49-53,55,57-60H2,1-2H3,(H,74,78)/b48-46+,56-54+. The van der Waals surface area contributed by atoms with Gasteiger partial charge in [0.15, 0.2) is 12.6 Å². The summed E-state index contributed by atoms with van der Waals surface area (Å²) >= 11 is 0. The van der Waals surface area contributed by atoms with Crippen molar-refractivity contribution in [2.45, 2.75) is 415 Å². The molecule has 14 heteroatoms. The lowest BCUT2D eigenvalue weighted by atomic mass is 9.97. The quantitative estimate of drug-likeness (QED) is 0.0204. The largest absolute Gasteiger partial charge is 0.394 e. The van der Waals surface area contributed by atoms with Crippen molar-refractivity contribution in [2.24, 2.45) is 0 Å². The molecule has 0 radical (unpaired) electrons. The van der Waals surface area contributed by atoms with Crippen LogP contribution in [0.5, 0.6) is 0 Å². The monoisotopic (exact) mass is 1240 g/mol. The molecular weight excluding hydrogens is 1100 g/mol. The van der Waals surface area contributed by atoms with E-state index in [1.165, 1.54) is 276 Å². The van der Waals surface area contributed by atoms with Crippen LogP contribution in [0, 0.1) is 0 Å². The number of unbranched alkanes of at least 4 members (excludes halogenated alkanes) is 47. The van der Waals surface area contributed by atoms with Crippen LogP contribution in [-0.4, -0.2) is 140 Å². The highest BCUT2D eigenvalue weighted by Gasteiger charge is 2.51. The fraction of sp³-hybridized carbons (Fsp3) is 0.932. The van der Waals surface area contributed by atoms with E-state index in [2.05, 4.69) is 31.3 Å². The first-order valence-electron chi connectivity index (χ1n) is 37.1. The lowest BCUT2D eigenvalue weighted by Gasteiger charge is -2.46. The van der Waals surface area contributed by atoms with E-state index in [1.807, 2.05) is 6.08 Å². The molecule has 9 N–H and O–H groups in total. The van der Waals surface area contributed by atoms with E-state index in [1.54, 1.807) is 6.08 Å². The molecule has 2 fully saturated rings. The molecule has 14 nitrogen and oxygen atoms in total. The molecule has 0 aliphatic carbocycles. The molecule has 0 aromatic rings. The first kappa shape index (κ1) is 81.6. The van der Waals surface area contributed by atoms with Gasteiger partial charge in [-0.3, -0.25) is 4.79 Å². The SMILES string of the molecule is CCCCCCCCCCCCCCCCCCCCCCC/C=C/CC/C=C/C(O)C(COC1OC(CO)C(OC2OC(CO)C(O)C(O)C2O)C(O)C1O)NC(=O)CCCCCCCCCCCCCCCCCCCCCCCCCCCC. The van der Waals surface area contributed by atoms with Crippen LogP contribution in [0.15, 0.2) is 24.3 Å². The molecule has 2 rings (SSSR count). The van der Waals surface area contributed by atoms with E-state index in [0.29, 0.717) is 12.8 Å². The normalized spacial score (nSPS) is 23.3. The third kappa shape index (κ3) is 42.4. The van der Waals surface area contributed by atoms with Crippen molar-refractivity contribution in [1.29, 1.82) is 0 Å². The number of rotatable bonds is 62. The van der Waals surface area contributed by atoms with Crippen LogP contribution in [0.2, 0.25) is 0 Å². The number of carbonyl (C=O) groups is 1. The Labute approximate surface area is 532 Å². The third-order valence-corrected chi connectivity index (χ3v) is 18.4. The smallest absolute Gasteiger partial charge is 0.220 e. The minimum absolute atomic E-state index is 0.241. The van der Waals surface area contributed by atoms with Crippen molar-refractivity contribution in [3.8, 4) is 0 Å². The maximum absolute atomic E-state index is 13.3. The molecule has 0 aromatic carbocycles. The zero-order chi connectivity index (χ0) is 63.1. The van der Waals surface area contributed by atoms with Crippen LogP contribution in [0.4, 0.5) is 0 Å². The van der Waals surface area contributed by atoms with Crippen molar-refractivity contribution >= 4 is 5.91 Å². The van der Waals surface area contributed by atoms with Crippen LogP contribution >= 0.6 is 0 Å². The minimum Gasteiger partial charge on any atom is -0.394 e. The summed E-state index contributed by atoms with van der Waals surface area (Å²) in [6.07, 6.45) is 56.8. The summed E-state index contributed by atoms with van der Waals surface area (Å²) in [6.45, 7) is 2.85. The Hall–Kier alpha value is -1.53. The molecule has 2 aliphatic heterocycles. The van der Waals surface area contributed by atoms with Crippen molar-refractivity contribution < 1.29 is 64.6 Å². The molecule has 0 bridgehead atoms. The first-order valence-corrected chi connectivity index (χ1v) is 37.1. The van der Waals surface area contributed by atoms with Gasteiger partial charge in [0, 0.05) is 6.42 Å². The Balaban J connectivity index is 1.67. The summed E-state index contributed by atoms with van der Waals surface area (Å²) < 4.78 is 22.9. The van der Waals surface area contributed by atoms with Gasteiger partial charge < -0.3 is 65.1 Å². The van der Waals surface area contributed by atoms with Gasteiger partial charge in [0.05, 0.1) is 32.0 Å². The summed E-state index contributed by atoms with van der Waals surface area (Å²) in [5.74, 6) is -0.241. The first-order chi connectivity index (χ1) is 42.6. The lowest BCUT2D eigenvalue weighted by molar-refractivity contribution is -0.359. The van der Waals surface area contributed by atoms with Gasteiger partial charge in [-0.25, -0.2) is 0 Å². The highest BCUT2D eigenvalue weighted by Crippen LogP contribution is 2.30. The number of hydrogen-bond acceptors (Lipinski definition) is 13. The van der Waals surface area contributed by atoms with E-state index in [4.69, 9.17) is 18.9 Å². The number of carbonyl (C=O) groups excluding carboxylic acids is 1. The van der Waals surface area contributed by atoms with Gasteiger partial charge in [0.2, 0.25) is 5.91 Å². The molecule has 0 spiro atoms. The fourth-order valence-corrected chi connectivity index (χ4v) is 12.5. The molecule has 514 valence electrons. The lowest BCUT2D eigenvalue weighted by Crippen LogP contribution is -2.65. The second kappa shape index (κ2) is 58.3. The van der Waals surface area contributed by atoms with Gasteiger partial charge >= 0.3 is 0 Å². The summed E-state index contributed by atoms with van der Waals surface area (Å²) in [7, 11) is 0. The predicted molar refractivity (Wildman–Crippen MR) is 355 cm³/mol. The Bertz CT molecular complexity index is 1550. The maximum Gasteiger partial charge on any atom is 0.220 e. The Morgan fingerprint density at radius 3 is 1.13 bits per heavy atom. The van der Waals surface area contributed by atoms with E-state index in [-0.39, 0.29) is 18.9 Å². The summed E-state index contributed by atoms with van der Waals surface area (Å²) in [6, 6.07) is -0.930. The predicted octanol–water partition coefficient (Wildman–Crippen LogP) is 15.5. The van der Waals surface area contributed by atoms with Crippen LogP contribution < -0.4 is 5.32 Å². The molecule has 12 unspecified atom stereocenters. The number of aliphatic hydroxyl groups is 8. The van der Waals surface area contributed by atoms with Crippen LogP contribution in [0.3, 0.4) is 0 Å². The van der Waals surface area contributed by atoms with Gasteiger partial charge in [-0.15, -0.1) is 0 Å². The van der Waals surface area contributed by atoms with Crippen molar-refractivity contribution in [2.75, 3.05) is 19.8 Å². The van der Waals surface area contributed by atoms with E-state index in [9.17, 15) is 45.6 Å². The molecule has 0 aromatic heterocycles. The molecule has 2 heterocycles. The van der Waals surface area contributed by atoms with Gasteiger partial charge in [0.1, 0.15) is 48.8 Å². The van der Waals surface area contributed by atoms with Crippen molar-refractivity contribution in [3.05, 3.63) is 24.3 Å². The molecular formula is C73H139NO13. The number of nitrogens with one attached hydrogen (secondary N) is 1.